The quantitative estimate of drug-likeness (QED) is 0.801. The molecule has 3 heterocycles. The average molecular weight is 396 g/mol. The highest BCUT2D eigenvalue weighted by molar-refractivity contribution is 5.96. The predicted molar refractivity (Wildman–Crippen MR) is 102 cm³/mol. The Balaban J connectivity index is 1.43. The molecule has 3 saturated heterocycles. The van der Waals surface area contributed by atoms with Gasteiger partial charge in [0.2, 0.25) is 5.91 Å². The summed E-state index contributed by atoms with van der Waals surface area (Å²) in [5.41, 5.74) is 0.465. The normalized spacial score (nSPS) is 27.9. The number of ether oxygens (including phenoxy) is 2. The van der Waals surface area contributed by atoms with Gasteiger partial charge in [-0.25, -0.2) is 4.39 Å². The molecule has 1 spiro atoms. The Bertz CT molecular complexity index is 982. The molecule has 0 radical (unpaired) electrons. The van der Waals surface area contributed by atoms with E-state index in [9.17, 15) is 14.0 Å². The van der Waals surface area contributed by atoms with Crippen molar-refractivity contribution in [2.45, 2.75) is 30.7 Å². The fourth-order valence-corrected chi connectivity index (χ4v) is 4.87. The Hall–Kier alpha value is -2.93. The van der Waals surface area contributed by atoms with E-state index < -0.39 is 11.5 Å². The lowest BCUT2D eigenvalue weighted by Gasteiger charge is -2.32. The van der Waals surface area contributed by atoms with Crippen LogP contribution < -0.4 is 4.74 Å². The molecule has 3 atom stereocenters. The molecule has 2 aromatic carbocycles. The number of carbonyl (C=O) groups excluding carboxylic acids is 2. The molecule has 2 aromatic rings. The Morgan fingerprint density at radius 3 is 2.76 bits per heavy atom. The molecule has 29 heavy (non-hydrogen) atoms. The molecule has 3 aliphatic heterocycles. The van der Waals surface area contributed by atoms with Gasteiger partial charge in [0.05, 0.1) is 26.1 Å². The summed E-state index contributed by atoms with van der Waals surface area (Å²) in [7, 11) is 1.38. The van der Waals surface area contributed by atoms with Crippen molar-refractivity contribution in [2.75, 3.05) is 20.2 Å². The van der Waals surface area contributed by atoms with Crippen LogP contribution in [0.5, 0.6) is 5.75 Å². The first kappa shape index (κ1) is 18.1. The summed E-state index contributed by atoms with van der Waals surface area (Å²) < 4.78 is 25.5. The van der Waals surface area contributed by atoms with E-state index in [0.29, 0.717) is 19.5 Å². The van der Waals surface area contributed by atoms with Crippen LogP contribution in [0, 0.1) is 5.82 Å². The van der Waals surface area contributed by atoms with Gasteiger partial charge in [-0.2, -0.15) is 0 Å². The second-order valence-electron chi connectivity index (χ2n) is 7.68. The van der Waals surface area contributed by atoms with E-state index in [4.69, 9.17) is 9.47 Å². The smallest absolute Gasteiger partial charge is 0.254 e. The number of halogens is 1. The van der Waals surface area contributed by atoms with Gasteiger partial charge in [-0.05, 0) is 23.8 Å². The van der Waals surface area contributed by atoms with Gasteiger partial charge in [0.1, 0.15) is 6.10 Å². The Morgan fingerprint density at radius 1 is 1.24 bits per heavy atom. The van der Waals surface area contributed by atoms with Gasteiger partial charge in [-0.3, -0.25) is 9.59 Å². The second kappa shape index (κ2) is 6.56. The molecule has 0 N–H and O–H groups in total. The number of rotatable bonds is 3. The SMILES string of the molecule is COc1ccc(C(=O)N2CC[C@@]34O[C@@H](c5ccccc5)CN3C(=O)C[C@@H]24)cc1F. The van der Waals surface area contributed by atoms with Crippen LogP contribution in [0.3, 0.4) is 0 Å². The largest absolute Gasteiger partial charge is 0.494 e. The summed E-state index contributed by atoms with van der Waals surface area (Å²) in [6.45, 7) is 0.945. The van der Waals surface area contributed by atoms with Crippen molar-refractivity contribution >= 4 is 11.8 Å². The highest BCUT2D eigenvalue weighted by Crippen LogP contribution is 2.50. The lowest BCUT2D eigenvalue weighted by Crippen LogP contribution is -2.48. The zero-order valence-electron chi connectivity index (χ0n) is 16.0. The standard InChI is InChI=1S/C22H21FN2O4/c1-28-17-8-7-15(11-16(17)23)21(27)24-10-9-22-19(24)12-20(26)25(22)13-18(29-22)14-5-3-2-4-6-14/h2-8,11,18-19H,9-10,12-13H2,1H3/t18-,19-,22+/m1/s1. The highest BCUT2D eigenvalue weighted by atomic mass is 19.1. The molecular weight excluding hydrogens is 375 g/mol. The summed E-state index contributed by atoms with van der Waals surface area (Å²) in [5, 5.41) is 0. The van der Waals surface area contributed by atoms with Crippen LogP contribution in [-0.4, -0.2) is 53.6 Å². The number of benzene rings is 2. The summed E-state index contributed by atoms with van der Waals surface area (Å²) in [6, 6.07) is 13.6. The molecule has 0 aromatic heterocycles. The van der Waals surface area contributed by atoms with Gasteiger partial charge in [0, 0.05) is 18.5 Å². The van der Waals surface area contributed by atoms with Crippen LogP contribution in [0.15, 0.2) is 48.5 Å². The lowest BCUT2D eigenvalue weighted by atomic mass is 10.1. The summed E-state index contributed by atoms with van der Waals surface area (Å²) in [4.78, 5) is 29.3. The van der Waals surface area contributed by atoms with Gasteiger partial charge in [-0.15, -0.1) is 0 Å². The topological polar surface area (TPSA) is 59.1 Å². The van der Waals surface area contributed by atoms with E-state index in [-0.39, 0.29) is 41.7 Å². The summed E-state index contributed by atoms with van der Waals surface area (Å²) >= 11 is 0. The molecule has 3 fully saturated rings. The Kier molecular flexibility index (Phi) is 4.10. The van der Waals surface area contributed by atoms with E-state index in [1.807, 2.05) is 30.3 Å². The van der Waals surface area contributed by atoms with Crippen LogP contribution in [-0.2, 0) is 9.53 Å². The Labute approximate surface area is 167 Å². The van der Waals surface area contributed by atoms with E-state index in [1.165, 1.54) is 19.2 Å². The maximum Gasteiger partial charge on any atom is 0.254 e. The van der Waals surface area contributed by atoms with Crippen LogP contribution in [0.1, 0.15) is 34.9 Å². The lowest BCUT2D eigenvalue weighted by molar-refractivity contribution is -0.138. The molecule has 3 aliphatic rings. The van der Waals surface area contributed by atoms with Gasteiger partial charge >= 0.3 is 0 Å². The van der Waals surface area contributed by atoms with Crippen molar-refractivity contribution in [3.05, 3.63) is 65.5 Å². The van der Waals surface area contributed by atoms with Gasteiger partial charge < -0.3 is 19.3 Å². The van der Waals surface area contributed by atoms with Gasteiger partial charge in [0.15, 0.2) is 17.3 Å². The zero-order chi connectivity index (χ0) is 20.2. The summed E-state index contributed by atoms with van der Waals surface area (Å²) in [5.74, 6) is -0.800. The highest BCUT2D eigenvalue weighted by Gasteiger charge is 2.65. The third kappa shape index (κ3) is 2.64. The second-order valence-corrected chi connectivity index (χ2v) is 7.68. The summed E-state index contributed by atoms with van der Waals surface area (Å²) in [6.07, 6.45) is 0.569. The maximum atomic E-state index is 14.1. The third-order valence-electron chi connectivity index (χ3n) is 6.26. The van der Waals surface area contributed by atoms with Crippen molar-refractivity contribution in [2.24, 2.45) is 0 Å². The van der Waals surface area contributed by atoms with E-state index in [1.54, 1.807) is 15.9 Å². The van der Waals surface area contributed by atoms with Crippen LogP contribution >= 0.6 is 0 Å². The fourth-order valence-electron chi connectivity index (χ4n) is 4.87. The average Bonchev–Trinajstić information content (AvgIpc) is 3.36. The molecule has 7 heteroatoms. The molecule has 0 unspecified atom stereocenters. The predicted octanol–water partition coefficient (Wildman–Crippen LogP) is 2.75. The zero-order valence-corrected chi connectivity index (χ0v) is 16.0. The number of amides is 2. The van der Waals surface area contributed by atoms with Crippen molar-refractivity contribution in [1.82, 2.24) is 9.80 Å². The molecule has 0 aliphatic carbocycles. The third-order valence-corrected chi connectivity index (χ3v) is 6.26. The first-order valence-electron chi connectivity index (χ1n) is 9.71. The van der Waals surface area contributed by atoms with E-state index >= 15 is 0 Å². The van der Waals surface area contributed by atoms with Gasteiger partial charge in [0.25, 0.3) is 5.91 Å². The minimum atomic E-state index is -0.793. The molecular formula is C22H21FN2O4. The molecule has 2 amide bonds. The van der Waals surface area contributed by atoms with Crippen molar-refractivity contribution in [1.29, 1.82) is 0 Å². The van der Waals surface area contributed by atoms with Crippen molar-refractivity contribution in [3.8, 4) is 5.75 Å². The first-order valence-corrected chi connectivity index (χ1v) is 9.71. The van der Waals surface area contributed by atoms with Crippen LogP contribution in [0.25, 0.3) is 0 Å². The van der Waals surface area contributed by atoms with E-state index in [2.05, 4.69) is 0 Å². The minimum Gasteiger partial charge on any atom is -0.494 e. The first-order chi connectivity index (χ1) is 14.0. The number of carbonyl (C=O) groups is 2. The molecule has 5 rings (SSSR count). The fraction of sp³-hybridized carbons (Fsp3) is 0.364. The van der Waals surface area contributed by atoms with Crippen LogP contribution in [0.2, 0.25) is 0 Å². The number of likely N-dealkylation sites (tertiary alicyclic amines) is 1. The molecule has 0 bridgehead atoms. The monoisotopic (exact) mass is 396 g/mol. The van der Waals surface area contributed by atoms with Gasteiger partial charge in [-0.1, -0.05) is 30.3 Å². The van der Waals surface area contributed by atoms with Crippen molar-refractivity contribution in [3.63, 3.8) is 0 Å². The molecule has 6 nitrogen and oxygen atoms in total. The molecule has 150 valence electrons. The number of hydrogen-bond donors (Lipinski definition) is 0. The van der Waals surface area contributed by atoms with Crippen LogP contribution in [0.4, 0.5) is 4.39 Å². The number of nitrogens with zero attached hydrogens (tertiary/aromatic N) is 2. The maximum absolute atomic E-state index is 14.1. The number of methoxy groups -OCH3 is 1. The Morgan fingerprint density at radius 2 is 2.03 bits per heavy atom. The minimum absolute atomic E-state index is 0.00755. The van der Waals surface area contributed by atoms with E-state index in [0.717, 1.165) is 5.56 Å². The molecule has 0 saturated carbocycles. The van der Waals surface area contributed by atoms with Crippen molar-refractivity contribution < 1.29 is 23.5 Å². The number of hydrogen-bond acceptors (Lipinski definition) is 4.